The van der Waals surface area contributed by atoms with Gasteiger partial charge < -0.3 is 57.6 Å². The highest BCUT2D eigenvalue weighted by Gasteiger charge is 2.36. The third-order valence-electron chi connectivity index (χ3n) is 11.6. The van der Waals surface area contributed by atoms with E-state index in [1.807, 2.05) is 30.3 Å². The number of nitrogens with one attached hydrogen (secondary N) is 4. The number of amides is 5. The largest absolute Gasteiger partial charge is 0.492 e. The van der Waals surface area contributed by atoms with Crippen LogP contribution in [0.4, 0.5) is 0 Å². The monoisotopic (exact) mass is 917 g/mol. The molecule has 10 N–H and O–H groups in total. The van der Waals surface area contributed by atoms with E-state index < -0.39 is 53.7 Å². The van der Waals surface area contributed by atoms with Gasteiger partial charge in [-0.2, -0.15) is 5.26 Å². The van der Waals surface area contributed by atoms with Gasteiger partial charge in [-0.15, -0.1) is 0 Å². The Bertz CT molecular complexity index is 2470. The molecule has 5 amide bonds. The second kappa shape index (κ2) is 22.9. The van der Waals surface area contributed by atoms with Crippen molar-refractivity contribution in [2.45, 2.75) is 83.1 Å². The van der Waals surface area contributed by atoms with E-state index in [2.05, 4.69) is 31.2 Å². The molecule has 2 heterocycles. The van der Waals surface area contributed by atoms with Gasteiger partial charge in [0.15, 0.2) is 5.82 Å². The van der Waals surface area contributed by atoms with Gasteiger partial charge in [0.25, 0.3) is 5.91 Å². The van der Waals surface area contributed by atoms with Gasteiger partial charge in [0.2, 0.25) is 23.6 Å². The van der Waals surface area contributed by atoms with Crippen molar-refractivity contribution >= 4 is 29.5 Å². The van der Waals surface area contributed by atoms with Crippen LogP contribution in [0.3, 0.4) is 0 Å². The van der Waals surface area contributed by atoms with Crippen LogP contribution in [0.1, 0.15) is 71.5 Å². The first-order valence-corrected chi connectivity index (χ1v) is 22.3. The molecule has 19 nitrogen and oxygen atoms in total. The lowest BCUT2D eigenvalue weighted by molar-refractivity contribution is -0.141. The molecule has 1 fully saturated rings. The van der Waals surface area contributed by atoms with Gasteiger partial charge in [-0.1, -0.05) is 12.1 Å². The molecule has 1 aromatic heterocycles. The van der Waals surface area contributed by atoms with Gasteiger partial charge in [0, 0.05) is 43.2 Å². The van der Waals surface area contributed by atoms with Crippen LogP contribution in [0.15, 0.2) is 60.7 Å². The van der Waals surface area contributed by atoms with Crippen LogP contribution in [0.25, 0.3) is 22.5 Å². The zero-order valence-corrected chi connectivity index (χ0v) is 38.2. The van der Waals surface area contributed by atoms with Crippen molar-refractivity contribution in [1.82, 2.24) is 36.1 Å². The van der Waals surface area contributed by atoms with Gasteiger partial charge >= 0.3 is 0 Å². The average Bonchev–Trinajstić information content (AvgIpc) is 3.29. The Morgan fingerprint density at radius 2 is 1.52 bits per heavy atom. The molecule has 2 aliphatic rings. The number of aryl methyl sites for hydroxylation is 2. The molecule has 4 unspecified atom stereocenters. The lowest BCUT2D eigenvalue weighted by Crippen LogP contribution is -2.56. The average molecular weight is 918 g/mol. The number of ether oxygens (including phenoxy) is 3. The smallest absolute Gasteiger partial charge is 0.255 e. The lowest BCUT2D eigenvalue weighted by Gasteiger charge is -2.32. The Morgan fingerprint density at radius 3 is 2.12 bits per heavy atom. The predicted octanol–water partition coefficient (Wildman–Crippen LogP) is 1.87. The third kappa shape index (κ3) is 12.0. The number of benzene rings is 3. The topological polar surface area (TPSA) is 292 Å². The second-order valence-corrected chi connectivity index (χ2v) is 16.5. The van der Waals surface area contributed by atoms with E-state index >= 15 is 0 Å². The van der Waals surface area contributed by atoms with Crippen LogP contribution >= 0.6 is 0 Å². The highest BCUT2D eigenvalue weighted by molar-refractivity contribution is 6.00. The number of nitrogens with two attached hydrogens (primary N) is 3. The molecule has 0 spiro atoms. The molecule has 0 saturated heterocycles. The molecule has 4 aromatic rings. The van der Waals surface area contributed by atoms with Gasteiger partial charge in [-0.3, -0.25) is 24.0 Å². The van der Waals surface area contributed by atoms with Crippen molar-refractivity contribution in [3.8, 4) is 45.8 Å². The molecule has 1 aliphatic carbocycles. The minimum atomic E-state index is -1.41. The summed E-state index contributed by atoms with van der Waals surface area (Å²) in [5.74, 6) is -1.42. The first-order chi connectivity index (χ1) is 32.3. The Hall–Kier alpha value is -7.14. The van der Waals surface area contributed by atoms with E-state index in [0.29, 0.717) is 51.0 Å². The maximum absolute atomic E-state index is 14.7. The molecule has 3 aromatic carbocycles. The van der Waals surface area contributed by atoms with E-state index in [1.54, 1.807) is 50.2 Å². The van der Waals surface area contributed by atoms with Crippen molar-refractivity contribution in [1.29, 1.82) is 5.26 Å². The zero-order valence-electron chi connectivity index (χ0n) is 38.2. The number of rotatable bonds is 17. The minimum Gasteiger partial charge on any atom is -0.492 e. The van der Waals surface area contributed by atoms with Crippen molar-refractivity contribution in [3.05, 3.63) is 88.7 Å². The van der Waals surface area contributed by atoms with Gasteiger partial charge in [-0.25, -0.2) is 9.97 Å². The zero-order chi connectivity index (χ0) is 48.2. The summed E-state index contributed by atoms with van der Waals surface area (Å²) in [4.78, 5) is 81.0. The van der Waals surface area contributed by atoms with E-state index in [-0.39, 0.29) is 63.9 Å². The van der Waals surface area contributed by atoms with Crippen molar-refractivity contribution < 1.29 is 38.2 Å². The second-order valence-electron chi connectivity index (χ2n) is 16.5. The molecule has 354 valence electrons. The summed E-state index contributed by atoms with van der Waals surface area (Å²) in [5.41, 5.74) is 21.3. The maximum atomic E-state index is 14.7. The summed E-state index contributed by atoms with van der Waals surface area (Å²) in [6.07, 6.45) is 3.46. The van der Waals surface area contributed by atoms with Crippen LogP contribution in [0.5, 0.6) is 17.2 Å². The van der Waals surface area contributed by atoms with Crippen LogP contribution in [-0.4, -0.2) is 115 Å². The van der Waals surface area contributed by atoms with E-state index in [9.17, 15) is 29.2 Å². The van der Waals surface area contributed by atoms with Gasteiger partial charge in [0.05, 0.1) is 29.1 Å². The first kappa shape index (κ1) is 49.3. The van der Waals surface area contributed by atoms with Crippen LogP contribution in [-0.2, 0) is 25.6 Å². The number of aromatic nitrogens is 2. The Morgan fingerprint density at radius 1 is 0.881 bits per heavy atom. The summed E-state index contributed by atoms with van der Waals surface area (Å²) in [5, 5.41) is 19.9. The van der Waals surface area contributed by atoms with Crippen molar-refractivity contribution in [2.24, 2.45) is 17.2 Å². The first-order valence-electron chi connectivity index (χ1n) is 22.3. The van der Waals surface area contributed by atoms with E-state index in [1.165, 1.54) is 18.9 Å². The van der Waals surface area contributed by atoms with Gasteiger partial charge in [0.1, 0.15) is 61.2 Å². The number of carbonyl (C=O) groups is 5. The molecular weight excluding hydrogens is 859 g/mol. The van der Waals surface area contributed by atoms with Crippen molar-refractivity contribution in [3.63, 3.8) is 0 Å². The third-order valence-corrected chi connectivity index (χ3v) is 11.6. The fourth-order valence-corrected chi connectivity index (χ4v) is 7.90. The molecule has 6 rings (SSSR count). The quantitative estimate of drug-likeness (QED) is 0.0745. The standard InChI is InChI=1S/C48H59N11O8/c1-27-41(28(2)55-43(54-27)31-9-12-34(13-10-31)67-33-6-5-7-33)46(62)57-37(16-17-49)48(64)59(4)42-32-11-15-40(66-23-20-52)36(26-32)35-24-30(8-14-39(35)65-22-19-51)25-38(45(61)53-21-18-50)58-44(60)29(3)56-47(42)63/h8-15,24,26,29,33,37-38,42H,5-7,16-17,19-23,25,49,51-52H2,1-4H3,(H,53,61)(H,56,63)(H,57,62)(H,58,60). The lowest BCUT2D eigenvalue weighted by atomic mass is 9.93. The highest BCUT2D eigenvalue weighted by Crippen LogP contribution is 2.40. The van der Waals surface area contributed by atoms with Crippen LogP contribution in [0, 0.1) is 25.2 Å². The maximum Gasteiger partial charge on any atom is 0.255 e. The summed E-state index contributed by atoms with van der Waals surface area (Å²) in [6.45, 7) is 5.16. The molecule has 19 heteroatoms. The van der Waals surface area contributed by atoms with Crippen LogP contribution < -0.4 is 52.7 Å². The fourth-order valence-electron chi connectivity index (χ4n) is 7.90. The predicted molar refractivity (Wildman–Crippen MR) is 248 cm³/mol. The molecule has 4 bridgehead atoms. The normalized spacial score (nSPS) is 17.6. The van der Waals surface area contributed by atoms with E-state index in [4.69, 9.17) is 31.4 Å². The molecular formula is C48H59N11O8. The number of hydrogen-bond donors (Lipinski definition) is 7. The van der Waals surface area contributed by atoms with E-state index in [0.717, 1.165) is 30.6 Å². The molecule has 67 heavy (non-hydrogen) atoms. The number of likely N-dealkylation sites (N-methyl/N-ethyl adjacent to an activating group) is 1. The van der Waals surface area contributed by atoms with Crippen molar-refractivity contribution in [2.75, 3.05) is 46.4 Å². The minimum absolute atomic E-state index is 0.000106. The Balaban J connectivity index is 1.36. The summed E-state index contributed by atoms with van der Waals surface area (Å²) < 4.78 is 18.2. The summed E-state index contributed by atoms with van der Waals surface area (Å²) >= 11 is 0. The highest BCUT2D eigenvalue weighted by atomic mass is 16.5. The molecule has 1 saturated carbocycles. The number of nitriles is 1. The summed E-state index contributed by atoms with van der Waals surface area (Å²) in [7, 11) is 1.41. The fraction of sp³-hybridized carbons (Fsp3) is 0.417. The number of fused-ring (bicyclic) bond motifs is 5. The van der Waals surface area contributed by atoms with Crippen LogP contribution in [0.2, 0.25) is 0 Å². The number of nitrogens with zero attached hydrogens (tertiary/aromatic N) is 4. The SMILES string of the molecule is Cc1nc(-c2ccc(OC3CCC3)cc2)nc(C)c1C(=O)NC(CCN)C(=O)N(C)C1C(=O)NC(C)C(=O)NC(C(=O)NCC#N)Cc2ccc(OCCN)c(c2)-c2cc1ccc2OCCN. The molecule has 1 aliphatic heterocycles. The number of hydrogen-bond acceptors (Lipinski definition) is 14. The number of carbonyl (C=O) groups excluding carboxylic acids is 5. The molecule has 0 radical (unpaired) electrons. The summed E-state index contributed by atoms with van der Waals surface area (Å²) in [6, 6.07) is 14.5. The molecule has 4 atom stereocenters. The van der Waals surface area contributed by atoms with Gasteiger partial charge in [-0.05, 0) is 113 Å². The Kier molecular flexibility index (Phi) is 16.8. The Labute approximate surface area is 389 Å².